The van der Waals surface area contributed by atoms with Gasteiger partial charge < -0.3 is 14.8 Å². The third-order valence-corrected chi connectivity index (χ3v) is 5.18. The fourth-order valence-electron chi connectivity index (χ4n) is 3.63. The van der Waals surface area contributed by atoms with E-state index in [-0.39, 0.29) is 5.70 Å². The monoisotopic (exact) mass is 428 g/mol. The van der Waals surface area contributed by atoms with Gasteiger partial charge in [0, 0.05) is 6.07 Å². The second-order valence-electron chi connectivity index (χ2n) is 7.32. The molecular weight excluding hydrogens is 404 g/mol. The van der Waals surface area contributed by atoms with Gasteiger partial charge in [-0.05, 0) is 43.7 Å². The van der Waals surface area contributed by atoms with E-state index in [4.69, 9.17) is 9.47 Å². The molecule has 6 heteroatoms. The lowest BCUT2D eigenvalue weighted by atomic mass is 10.0. The van der Waals surface area contributed by atoms with Gasteiger partial charge in [-0.1, -0.05) is 48.0 Å². The highest BCUT2D eigenvalue weighted by Crippen LogP contribution is 2.36. The van der Waals surface area contributed by atoms with Crippen molar-refractivity contribution in [1.29, 1.82) is 0 Å². The number of nitrogens with one attached hydrogen (secondary N) is 1. The van der Waals surface area contributed by atoms with E-state index in [1.54, 1.807) is 43.5 Å². The summed E-state index contributed by atoms with van der Waals surface area (Å²) in [5.74, 6) is 0.323. The van der Waals surface area contributed by atoms with Gasteiger partial charge in [-0.3, -0.25) is 9.59 Å². The van der Waals surface area contributed by atoms with Gasteiger partial charge in [0.05, 0.1) is 30.7 Å². The van der Waals surface area contributed by atoms with Crippen molar-refractivity contribution in [2.75, 3.05) is 23.9 Å². The SMILES string of the molecule is CCOc1cccc(N2C(=O)C(Nc3ccccc3OC)=C(c3ccc(C)cc3)C2=O)c1. The van der Waals surface area contributed by atoms with Gasteiger partial charge in [-0.25, -0.2) is 4.90 Å². The van der Waals surface area contributed by atoms with Gasteiger partial charge in [0.1, 0.15) is 17.2 Å². The first kappa shape index (κ1) is 21.2. The van der Waals surface area contributed by atoms with Gasteiger partial charge in [0.15, 0.2) is 0 Å². The molecule has 1 N–H and O–H groups in total. The van der Waals surface area contributed by atoms with Crippen LogP contribution in [-0.4, -0.2) is 25.5 Å². The minimum absolute atomic E-state index is 0.199. The van der Waals surface area contributed by atoms with Crippen molar-refractivity contribution >= 4 is 28.8 Å². The van der Waals surface area contributed by atoms with Crippen LogP contribution in [0, 0.1) is 6.92 Å². The Bertz CT molecular complexity index is 1200. The molecule has 3 aromatic rings. The molecule has 0 aromatic heterocycles. The summed E-state index contributed by atoms with van der Waals surface area (Å²) < 4.78 is 11.0. The minimum atomic E-state index is -0.440. The Morgan fingerprint density at radius 2 is 1.66 bits per heavy atom. The Balaban J connectivity index is 1.81. The first-order valence-electron chi connectivity index (χ1n) is 10.4. The maximum absolute atomic E-state index is 13.6. The summed E-state index contributed by atoms with van der Waals surface area (Å²) in [6.07, 6.45) is 0. The first-order chi connectivity index (χ1) is 15.5. The van der Waals surface area contributed by atoms with Crippen molar-refractivity contribution in [2.24, 2.45) is 0 Å². The van der Waals surface area contributed by atoms with Crippen molar-refractivity contribution in [2.45, 2.75) is 13.8 Å². The number of anilines is 2. The van der Waals surface area contributed by atoms with Gasteiger partial charge in [0.25, 0.3) is 11.8 Å². The van der Waals surface area contributed by atoms with E-state index in [0.717, 1.165) is 5.56 Å². The lowest BCUT2D eigenvalue weighted by Crippen LogP contribution is -2.32. The normalized spacial score (nSPS) is 13.5. The number of hydrogen-bond donors (Lipinski definition) is 1. The van der Waals surface area contributed by atoms with Crippen LogP contribution in [0.15, 0.2) is 78.5 Å². The van der Waals surface area contributed by atoms with Crippen LogP contribution in [0.5, 0.6) is 11.5 Å². The number of amides is 2. The molecule has 0 spiro atoms. The van der Waals surface area contributed by atoms with E-state index in [9.17, 15) is 9.59 Å². The molecule has 0 saturated carbocycles. The summed E-state index contributed by atoms with van der Waals surface area (Å²) in [6.45, 7) is 4.34. The average molecular weight is 428 g/mol. The molecule has 0 saturated heterocycles. The standard InChI is InChI=1S/C26H24N2O4/c1-4-32-20-9-7-8-19(16-20)28-25(29)23(18-14-12-17(2)13-15-18)24(26(28)30)27-21-10-5-6-11-22(21)31-3/h5-16,27H,4H2,1-3H3. The first-order valence-corrected chi connectivity index (χ1v) is 10.4. The summed E-state index contributed by atoms with van der Waals surface area (Å²) in [5, 5.41) is 3.15. The van der Waals surface area contributed by atoms with Gasteiger partial charge >= 0.3 is 0 Å². The molecule has 0 atom stereocenters. The molecule has 0 fully saturated rings. The largest absolute Gasteiger partial charge is 0.495 e. The number of aryl methyl sites for hydroxylation is 1. The number of nitrogens with zero attached hydrogens (tertiary/aromatic N) is 1. The Kier molecular flexibility index (Phi) is 5.94. The van der Waals surface area contributed by atoms with Crippen molar-refractivity contribution in [1.82, 2.24) is 0 Å². The fraction of sp³-hybridized carbons (Fsp3) is 0.154. The molecule has 6 nitrogen and oxygen atoms in total. The average Bonchev–Trinajstić information content (AvgIpc) is 3.04. The zero-order valence-electron chi connectivity index (χ0n) is 18.2. The van der Waals surface area contributed by atoms with Crippen molar-refractivity contribution in [3.8, 4) is 11.5 Å². The van der Waals surface area contributed by atoms with Gasteiger partial charge in [-0.15, -0.1) is 0 Å². The van der Waals surface area contributed by atoms with E-state index < -0.39 is 11.8 Å². The third-order valence-electron chi connectivity index (χ3n) is 5.18. The highest BCUT2D eigenvalue weighted by atomic mass is 16.5. The molecule has 0 radical (unpaired) electrons. The molecule has 2 amide bonds. The maximum atomic E-state index is 13.6. The van der Waals surface area contributed by atoms with E-state index >= 15 is 0 Å². The van der Waals surface area contributed by atoms with Crippen LogP contribution < -0.4 is 19.7 Å². The fourth-order valence-corrected chi connectivity index (χ4v) is 3.63. The van der Waals surface area contributed by atoms with Crippen LogP contribution in [-0.2, 0) is 9.59 Å². The Labute approximate surface area is 187 Å². The molecular formula is C26H24N2O4. The summed E-state index contributed by atoms with van der Waals surface area (Å²) in [5.41, 5.74) is 3.28. The summed E-state index contributed by atoms with van der Waals surface area (Å²) >= 11 is 0. The van der Waals surface area contributed by atoms with E-state index in [1.807, 2.05) is 50.2 Å². The van der Waals surface area contributed by atoms with Crippen molar-refractivity contribution in [3.63, 3.8) is 0 Å². The zero-order valence-corrected chi connectivity index (χ0v) is 18.2. The van der Waals surface area contributed by atoms with E-state index in [2.05, 4.69) is 5.32 Å². The second-order valence-corrected chi connectivity index (χ2v) is 7.32. The third kappa shape index (κ3) is 3.95. The Morgan fingerprint density at radius 1 is 0.906 bits per heavy atom. The van der Waals surface area contributed by atoms with Crippen molar-refractivity contribution in [3.05, 3.63) is 89.6 Å². The van der Waals surface area contributed by atoms with E-state index in [1.165, 1.54) is 4.90 Å². The number of methoxy groups -OCH3 is 1. The number of rotatable bonds is 7. The quantitative estimate of drug-likeness (QED) is 0.548. The van der Waals surface area contributed by atoms with Gasteiger partial charge in [0.2, 0.25) is 0 Å². The number of carbonyl (C=O) groups is 2. The van der Waals surface area contributed by atoms with Crippen LogP contribution in [0.25, 0.3) is 5.57 Å². The maximum Gasteiger partial charge on any atom is 0.282 e. The highest BCUT2D eigenvalue weighted by molar-refractivity contribution is 6.46. The zero-order chi connectivity index (χ0) is 22.7. The number of imide groups is 1. The molecule has 162 valence electrons. The lowest BCUT2D eigenvalue weighted by Gasteiger charge is -2.17. The molecule has 0 bridgehead atoms. The van der Waals surface area contributed by atoms with Crippen LogP contribution >= 0.6 is 0 Å². The molecule has 0 unspecified atom stereocenters. The number of benzene rings is 3. The summed E-state index contributed by atoms with van der Waals surface area (Å²) in [6, 6.07) is 21.8. The molecule has 1 heterocycles. The molecule has 4 rings (SSSR count). The smallest absolute Gasteiger partial charge is 0.282 e. The number of ether oxygens (including phenoxy) is 2. The van der Waals surface area contributed by atoms with Crippen LogP contribution in [0.3, 0.4) is 0 Å². The molecule has 32 heavy (non-hydrogen) atoms. The summed E-state index contributed by atoms with van der Waals surface area (Å²) in [4.78, 5) is 28.3. The van der Waals surface area contributed by atoms with Crippen LogP contribution in [0.2, 0.25) is 0 Å². The Morgan fingerprint density at radius 3 is 2.38 bits per heavy atom. The molecule has 1 aliphatic heterocycles. The molecule has 0 aliphatic carbocycles. The topological polar surface area (TPSA) is 67.9 Å². The van der Waals surface area contributed by atoms with E-state index in [0.29, 0.717) is 40.6 Å². The summed E-state index contributed by atoms with van der Waals surface area (Å²) in [7, 11) is 1.56. The second kappa shape index (κ2) is 8.98. The number of para-hydroxylation sites is 2. The number of hydrogen-bond acceptors (Lipinski definition) is 5. The lowest BCUT2D eigenvalue weighted by molar-refractivity contribution is -0.120. The molecule has 1 aliphatic rings. The highest BCUT2D eigenvalue weighted by Gasteiger charge is 2.40. The predicted molar refractivity (Wildman–Crippen MR) is 125 cm³/mol. The molecule has 3 aromatic carbocycles. The Hall–Kier alpha value is -4.06. The van der Waals surface area contributed by atoms with Gasteiger partial charge in [-0.2, -0.15) is 0 Å². The minimum Gasteiger partial charge on any atom is -0.495 e. The van der Waals surface area contributed by atoms with Crippen molar-refractivity contribution < 1.29 is 19.1 Å². The predicted octanol–water partition coefficient (Wildman–Crippen LogP) is 4.80. The van der Waals surface area contributed by atoms with Crippen LogP contribution in [0.4, 0.5) is 11.4 Å². The van der Waals surface area contributed by atoms with Crippen LogP contribution in [0.1, 0.15) is 18.1 Å². The number of carbonyl (C=O) groups excluding carboxylic acids is 2.